The molecule has 2 aliphatic heterocycles. The molecule has 28 heavy (non-hydrogen) atoms. The first-order chi connectivity index (χ1) is 13.4. The molecule has 1 amide bonds. The third kappa shape index (κ3) is 4.08. The second kappa shape index (κ2) is 8.62. The Labute approximate surface area is 165 Å². The van der Waals surface area contributed by atoms with Crippen LogP contribution in [0, 0.1) is 6.92 Å². The summed E-state index contributed by atoms with van der Waals surface area (Å²) in [7, 11) is -3.72. The molecule has 0 aromatic carbocycles. The van der Waals surface area contributed by atoms with Gasteiger partial charge in [-0.15, -0.1) is 6.58 Å². The van der Waals surface area contributed by atoms with E-state index in [1.165, 1.54) is 17.2 Å². The maximum Gasteiger partial charge on any atom is 0.407 e. The van der Waals surface area contributed by atoms with Crippen molar-refractivity contribution in [3.05, 3.63) is 30.2 Å². The van der Waals surface area contributed by atoms with Crippen LogP contribution in [0.25, 0.3) is 0 Å². The zero-order valence-corrected chi connectivity index (χ0v) is 16.9. The van der Waals surface area contributed by atoms with Crippen LogP contribution in [0.4, 0.5) is 4.79 Å². The number of carbonyl (C=O) groups is 1. The van der Waals surface area contributed by atoms with E-state index in [1.807, 2.05) is 4.90 Å². The topological polar surface area (TPSA) is 116 Å². The Morgan fingerprint density at radius 3 is 2.61 bits per heavy atom. The maximum atomic E-state index is 13.8. The number of rotatable bonds is 6. The Morgan fingerprint density at radius 2 is 2.11 bits per heavy atom. The molecule has 0 radical (unpaired) electrons. The minimum absolute atomic E-state index is 0.210. The van der Waals surface area contributed by atoms with Crippen LogP contribution < -0.4 is 5.32 Å². The summed E-state index contributed by atoms with van der Waals surface area (Å²) in [5.74, 6) is 0.458. The standard InChI is InChI=1S/C18H28N4O5S/c1-3-16(14-12-20-27-13(14)2)28(25,26)17(15-6-4-5-7-19-15)21-8-10-22(11-9-21)18(23)24/h3,12,15-17,19H,1,4-11H2,2H3,(H,23,24). The van der Waals surface area contributed by atoms with Gasteiger partial charge in [-0.3, -0.25) is 4.90 Å². The van der Waals surface area contributed by atoms with Gasteiger partial charge in [0.2, 0.25) is 0 Å². The van der Waals surface area contributed by atoms with Gasteiger partial charge in [-0.25, -0.2) is 13.2 Å². The zero-order chi connectivity index (χ0) is 20.3. The van der Waals surface area contributed by atoms with E-state index in [9.17, 15) is 18.3 Å². The molecular weight excluding hydrogens is 384 g/mol. The third-order valence-electron chi connectivity index (χ3n) is 5.64. The van der Waals surface area contributed by atoms with E-state index in [1.54, 1.807) is 6.92 Å². The molecule has 156 valence electrons. The summed E-state index contributed by atoms with van der Waals surface area (Å²) in [5, 5.41) is 14.6. The number of aryl methyl sites for hydroxylation is 1. The van der Waals surface area contributed by atoms with Gasteiger partial charge < -0.3 is 19.8 Å². The molecule has 1 aromatic heterocycles. The van der Waals surface area contributed by atoms with Crippen LogP contribution in [0.1, 0.15) is 35.8 Å². The predicted octanol–water partition coefficient (Wildman–Crippen LogP) is 1.39. The Morgan fingerprint density at radius 1 is 1.39 bits per heavy atom. The molecule has 3 rings (SSSR count). The van der Waals surface area contributed by atoms with Crippen LogP contribution >= 0.6 is 0 Å². The first-order valence-electron chi connectivity index (χ1n) is 9.58. The molecule has 2 aliphatic rings. The summed E-state index contributed by atoms with van der Waals surface area (Å²) in [6.07, 6.45) is 4.63. The molecule has 0 saturated carbocycles. The summed E-state index contributed by atoms with van der Waals surface area (Å²) in [4.78, 5) is 14.4. The first-order valence-corrected chi connectivity index (χ1v) is 11.2. The number of amides is 1. The number of piperazine rings is 1. The van der Waals surface area contributed by atoms with Crippen LogP contribution in [0.2, 0.25) is 0 Å². The second-order valence-corrected chi connectivity index (χ2v) is 9.50. The predicted molar refractivity (Wildman–Crippen MR) is 104 cm³/mol. The quantitative estimate of drug-likeness (QED) is 0.674. The van der Waals surface area contributed by atoms with Crippen molar-refractivity contribution in [3.8, 4) is 0 Å². The molecule has 2 saturated heterocycles. The van der Waals surface area contributed by atoms with Gasteiger partial charge in [0.25, 0.3) is 0 Å². The number of carboxylic acid groups (broad SMARTS) is 1. The lowest BCUT2D eigenvalue weighted by molar-refractivity contribution is 0.0898. The van der Waals surface area contributed by atoms with Gasteiger partial charge in [-0.2, -0.15) is 0 Å². The van der Waals surface area contributed by atoms with Gasteiger partial charge in [0.05, 0.1) is 6.20 Å². The molecule has 3 atom stereocenters. The van der Waals surface area contributed by atoms with Crippen LogP contribution in [-0.4, -0.2) is 78.7 Å². The smallest absolute Gasteiger partial charge is 0.407 e. The lowest BCUT2D eigenvalue weighted by Crippen LogP contribution is -2.61. The van der Waals surface area contributed by atoms with Crippen LogP contribution in [0.3, 0.4) is 0 Å². The highest BCUT2D eigenvalue weighted by atomic mass is 32.2. The lowest BCUT2D eigenvalue weighted by atomic mass is 10.0. The van der Waals surface area contributed by atoms with Gasteiger partial charge in [0.15, 0.2) is 9.84 Å². The molecule has 2 fully saturated rings. The molecule has 3 unspecified atom stereocenters. The fourth-order valence-corrected chi connectivity index (χ4v) is 6.61. The molecule has 2 N–H and O–H groups in total. The van der Waals surface area contributed by atoms with Gasteiger partial charge in [-0.05, 0) is 26.3 Å². The van der Waals surface area contributed by atoms with E-state index >= 15 is 0 Å². The highest BCUT2D eigenvalue weighted by Crippen LogP contribution is 2.34. The average Bonchev–Trinajstić information content (AvgIpc) is 3.09. The summed E-state index contributed by atoms with van der Waals surface area (Å²) in [6.45, 7) is 7.56. The van der Waals surface area contributed by atoms with Gasteiger partial charge in [-0.1, -0.05) is 17.7 Å². The number of hydrogen-bond acceptors (Lipinski definition) is 7. The molecule has 3 heterocycles. The number of hydrogen-bond donors (Lipinski definition) is 2. The highest BCUT2D eigenvalue weighted by molar-refractivity contribution is 7.92. The largest absolute Gasteiger partial charge is 0.465 e. The molecule has 0 spiro atoms. The van der Waals surface area contributed by atoms with Gasteiger partial charge in [0.1, 0.15) is 16.4 Å². The summed E-state index contributed by atoms with van der Waals surface area (Å²) in [6, 6.07) is -0.210. The van der Waals surface area contributed by atoms with Gasteiger partial charge in [0, 0.05) is 37.8 Å². The molecule has 10 heteroatoms. The van der Waals surface area contributed by atoms with Crippen molar-refractivity contribution >= 4 is 15.9 Å². The zero-order valence-electron chi connectivity index (χ0n) is 16.1. The fourth-order valence-electron chi connectivity index (χ4n) is 4.15. The first kappa shape index (κ1) is 20.8. The monoisotopic (exact) mass is 412 g/mol. The molecular formula is C18H28N4O5S. The number of sulfone groups is 1. The Balaban J connectivity index is 1.92. The summed E-state index contributed by atoms with van der Waals surface area (Å²) >= 11 is 0. The van der Waals surface area contributed by atoms with Crippen molar-refractivity contribution in [2.24, 2.45) is 0 Å². The molecule has 9 nitrogen and oxygen atoms in total. The fraction of sp³-hybridized carbons (Fsp3) is 0.667. The van der Waals surface area contributed by atoms with E-state index in [0.29, 0.717) is 37.5 Å². The second-order valence-electron chi connectivity index (χ2n) is 7.34. The van der Waals surface area contributed by atoms with E-state index in [4.69, 9.17) is 4.52 Å². The van der Waals surface area contributed by atoms with E-state index in [-0.39, 0.29) is 6.04 Å². The highest BCUT2D eigenvalue weighted by Gasteiger charge is 2.44. The Bertz CT molecular complexity index is 795. The van der Waals surface area contributed by atoms with E-state index < -0.39 is 26.6 Å². The molecule has 0 aliphatic carbocycles. The Hall–Kier alpha value is -1.91. The third-order valence-corrected chi connectivity index (χ3v) is 8.09. The number of piperidine rings is 1. The summed E-state index contributed by atoms with van der Waals surface area (Å²) < 4.78 is 32.6. The molecule has 1 aromatic rings. The van der Waals surface area contributed by atoms with Crippen molar-refractivity contribution in [3.63, 3.8) is 0 Å². The van der Waals surface area contributed by atoms with E-state index in [0.717, 1.165) is 25.8 Å². The number of nitrogens with zero attached hydrogens (tertiary/aromatic N) is 3. The van der Waals surface area contributed by atoms with Crippen LogP contribution in [0.5, 0.6) is 0 Å². The normalized spacial score (nSPS) is 23.9. The van der Waals surface area contributed by atoms with Crippen LogP contribution in [-0.2, 0) is 9.84 Å². The van der Waals surface area contributed by atoms with Crippen LogP contribution in [0.15, 0.2) is 23.4 Å². The molecule has 0 bridgehead atoms. The maximum absolute atomic E-state index is 13.8. The van der Waals surface area contributed by atoms with Crippen molar-refractivity contribution < 1.29 is 22.8 Å². The Kier molecular flexibility index (Phi) is 6.41. The minimum atomic E-state index is -3.72. The minimum Gasteiger partial charge on any atom is -0.465 e. The average molecular weight is 413 g/mol. The van der Waals surface area contributed by atoms with Gasteiger partial charge >= 0.3 is 6.09 Å². The van der Waals surface area contributed by atoms with Crippen molar-refractivity contribution in [2.45, 2.75) is 42.9 Å². The summed E-state index contributed by atoms with van der Waals surface area (Å²) in [5.41, 5.74) is 0.500. The van der Waals surface area contributed by atoms with Crippen molar-refractivity contribution in [1.29, 1.82) is 0 Å². The van der Waals surface area contributed by atoms with E-state index in [2.05, 4.69) is 17.1 Å². The number of aromatic nitrogens is 1. The lowest BCUT2D eigenvalue weighted by Gasteiger charge is -2.43. The van der Waals surface area contributed by atoms with Crippen molar-refractivity contribution in [1.82, 2.24) is 20.3 Å². The number of nitrogens with one attached hydrogen (secondary N) is 1. The SMILES string of the molecule is C=CC(c1cnoc1C)S(=O)(=O)C(C1CCCCN1)N1CCN(C(=O)O)CC1. The van der Waals surface area contributed by atoms with Crippen molar-refractivity contribution in [2.75, 3.05) is 32.7 Å².